The average Bonchev–Trinajstić information content (AvgIpc) is 3.16. The fraction of sp³-hybridized carbons (Fsp3) is 0.238. The molecule has 0 aliphatic carbocycles. The third-order valence-corrected chi connectivity index (χ3v) is 5.54. The molecule has 148 valence electrons. The number of amides is 1. The van der Waals surface area contributed by atoms with Crippen LogP contribution in [0, 0.1) is 5.92 Å². The molecule has 0 unspecified atom stereocenters. The fourth-order valence-electron chi connectivity index (χ4n) is 3.57. The lowest BCUT2D eigenvalue weighted by Gasteiger charge is -2.30. The molecule has 1 fully saturated rings. The number of hydrogen-bond donors (Lipinski definition) is 2. The molecular formula is C21H20N4O3S. The van der Waals surface area contributed by atoms with Gasteiger partial charge in [-0.25, -0.2) is 4.98 Å². The van der Waals surface area contributed by atoms with Crippen molar-refractivity contribution in [2.24, 2.45) is 11.7 Å². The maximum absolute atomic E-state index is 12.8. The van der Waals surface area contributed by atoms with Crippen molar-refractivity contribution in [3.05, 3.63) is 59.9 Å². The van der Waals surface area contributed by atoms with Crippen LogP contribution < -0.4 is 5.73 Å². The maximum atomic E-state index is 12.8. The number of fused-ring (bicyclic) bond motifs is 1. The van der Waals surface area contributed by atoms with E-state index in [9.17, 15) is 9.59 Å². The van der Waals surface area contributed by atoms with E-state index in [1.807, 2.05) is 41.1 Å². The summed E-state index contributed by atoms with van der Waals surface area (Å²) in [5.41, 5.74) is 9.37. The Morgan fingerprint density at radius 1 is 1.10 bits per heavy atom. The van der Waals surface area contributed by atoms with Gasteiger partial charge in [-0.15, -0.1) is 0 Å². The number of rotatable bonds is 4. The van der Waals surface area contributed by atoms with E-state index in [0.717, 1.165) is 16.8 Å². The van der Waals surface area contributed by atoms with Gasteiger partial charge in [-0.2, -0.15) is 0 Å². The lowest BCUT2D eigenvalue weighted by molar-refractivity contribution is -0.143. The van der Waals surface area contributed by atoms with E-state index in [2.05, 4.69) is 4.98 Å². The number of hydrogen-bond acceptors (Lipinski definition) is 4. The lowest BCUT2D eigenvalue weighted by atomic mass is 9.97. The van der Waals surface area contributed by atoms with Crippen LogP contribution in [-0.4, -0.2) is 49.3 Å². The third-order valence-electron chi connectivity index (χ3n) is 5.30. The number of nitrogens with zero attached hydrogens (tertiary/aromatic N) is 3. The van der Waals surface area contributed by atoms with Crippen molar-refractivity contribution in [3.8, 4) is 11.3 Å². The number of piperidine rings is 1. The van der Waals surface area contributed by atoms with Crippen LogP contribution in [0.1, 0.15) is 28.8 Å². The first-order chi connectivity index (χ1) is 13.9. The monoisotopic (exact) mass is 408 g/mol. The first-order valence-electron chi connectivity index (χ1n) is 9.33. The summed E-state index contributed by atoms with van der Waals surface area (Å²) in [6.07, 6.45) is 4.68. The molecule has 0 atom stereocenters. The third kappa shape index (κ3) is 3.84. The second-order valence-electron chi connectivity index (χ2n) is 7.15. The number of aliphatic carboxylic acids is 1. The molecule has 0 spiro atoms. The van der Waals surface area contributed by atoms with Crippen LogP contribution in [0.15, 0.2) is 48.8 Å². The minimum Gasteiger partial charge on any atom is -0.481 e. The molecule has 7 nitrogen and oxygen atoms in total. The van der Waals surface area contributed by atoms with Crippen LogP contribution in [0.5, 0.6) is 0 Å². The molecule has 1 aromatic carbocycles. The second-order valence-corrected chi connectivity index (χ2v) is 7.59. The van der Waals surface area contributed by atoms with Gasteiger partial charge < -0.3 is 20.1 Å². The Hall–Kier alpha value is -3.26. The normalized spacial score (nSPS) is 14.8. The standard InChI is InChI=1S/C21H20N4O3S/c22-19(29)14-3-1-13(2-4-14)17-12-25-10-7-16(11-18(25)23-17)20(26)24-8-5-15(6-9-24)21(27)28/h1-4,7,10-12,15H,5-6,8-9H2,(H2,22,29)(H,27,28). The molecule has 3 aromatic rings. The van der Waals surface area contributed by atoms with Gasteiger partial charge in [-0.1, -0.05) is 36.5 Å². The highest BCUT2D eigenvalue weighted by molar-refractivity contribution is 7.80. The number of benzene rings is 1. The second kappa shape index (κ2) is 7.63. The molecule has 1 saturated heterocycles. The van der Waals surface area contributed by atoms with E-state index in [4.69, 9.17) is 23.1 Å². The topological polar surface area (TPSA) is 101 Å². The zero-order valence-electron chi connectivity index (χ0n) is 15.6. The van der Waals surface area contributed by atoms with Crippen LogP contribution in [0.25, 0.3) is 16.9 Å². The molecule has 0 saturated carbocycles. The van der Waals surface area contributed by atoms with Gasteiger partial charge in [0, 0.05) is 42.2 Å². The Balaban J connectivity index is 1.54. The molecule has 1 amide bonds. The molecule has 8 heteroatoms. The molecule has 29 heavy (non-hydrogen) atoms. The summed E-state index contributed by atoms with van der Waals surface area (Å²) in [4.78, 5) is 30.6. The van der Waals surface area contributed by atoms with Gasteiger partial charge in [-0.05, 0) is 25.0 Å². The molecule has 2 aromatic heterocycles. The first-order valence-corrected chi connectivity index (χ1v) is 9.74. The molecule has 3 heterocycles. The van der Waals surface area contributed by atoms with Gasteiger partial charge in [-0.3, -0.25) is 9.59 Å². The number of pyridine rings is 1. The minimum absolute atomic E-state index is 0.0956. The van der Waals surface area contributed by atoms with Crippen molar-refractivity contribution < 1.29 is 14.7 Å². The Morgan fingerprint density at radius 2 is 1.79 bits per heavy atom. The Bertz CT molecular complexity index is 1100. The number of carboxylic acids is 1. The van der Waals surface area contributed by atoms with Crippen LogP contribution >= 0.6 is 12.2 Å². The highest BCUT2D eigenvalue weighted by atomic mass is 32.1. The zero-order valence-corrected chi connectivity index (χ0v) is 16.4. The predicted molar refractivity (Wildman–Crippen MR) is 113 cm³/mol. The number of aromatic nitrogens is 2. The number of carbonyl (C=O) groups excluding carboxylic acids is 1. The fourth-order valence-corrected chi connectivity index (χ4v) is 3.71. The van der Waals surface area contributed by atoms with Crippen LogP contribution in [0.2, 0.25) is 0 Å². The van der Waals surface area contributed by atoms with E-state index in [0.29, 0.717) is 42.1 Å². The van der Waals surface area contributed by atoms with E-state index >= 15 is 0 Å². The van der Waals surface area contributed by atoms with Crippen molar-refractivity contribution in [3.63, 3.8) is 0 Å². The molecule has 0 radical (unpaired) electrons. The van der Waals surface area contributed by atoms with E-state index < -0.39 is 5.97 Å². The SMILES string of the molecule is NC(=S)c1ccc(-c2cn3ccc(C(=O)N4CCC(C(=O)O)CC4)cc3n2)cc1. The van der Waals surface area contributed by atoms with Gasteiger partial charge in [0.15, 0.2) is 0 Å². The van der Waals surface area contributed by atoms with Gasteiger partial charge in [0.1, 0.15) is 10.6 Å². The Morgan fingerprint density at radius 3 is 2.41 bits per heavy atom. The van der Waals surface area contributed by atoms with Crippen LogP contribution in [0.3, 0.4) is 0 Å². The Labute approximate surface area is 172 Å². The molecule has 1 aliphatic rings. The van der Waals surface area contributed by atoms with Crippen LogP contribution in [-0.2, 0) is 4.79 Å². The van der Waals surface area contributed by atoms with Gasteiger partial charge in [0.2, 0.25) is 0 Å². The zero-order chi connectivity index (χ0) is 20.5. The van der Waals surface area contributed by atoms with Crippen molar-refractivity contribution in [2.45, 2.75) is 12.8 Å². The van der Waals surface area contributed by atoms with Gasteiger partial charge in [0.25, 0.3) is 5.91 Å². The maximum Gasteiger partial charge on any atom is 0.306 e. The minimum atomic E-state index is -0.787. The summed E-state index contributed by atoms with van der Waals surface area (Å²) in [6.45, 7) is 0.909. The van der Waals surface area contributed by atoms with Crippen molar-refractivity contribution in [2.75, 3.05) is 13.1 Å². The van der Waals surface area contributed by atoms with Crippen molar-refractivity contribution in [1.82, 2.24) is 14.3 Å². The average molecular weight is 408 g/mol. The smallest absolute Gasteiger partial charge is 0.306 e. The van der Waals surface area contributed by atoms with Crippen molar-refractivity contribution in [1.29, 1.82) is 0 Å². The molecule has 0 bridgehead atoms. The van der Waals surface area contributed by atoms with Crippen LogP contribution in [0.4, 0.5) is 0 Å². The van der Waals surface area contributed by atoms with Gasteiger partial charge in [0.05, 0.1) is 11.6 Å². The van der Waals surface area contributed by atoms with Crippen molar-refractivity contribution >= 4 is 34.7 Å². The summed E-state index contributed by atoms with van der Waals surface area (Å²) in [7, 11) is 0. The summed E-state index contributed by atoms with van der Waals surface area (Å²) in [5, 5.41) is 9.11. The number of carbonyl (C=O) groups is 2. The quantitative estimate of drug-likeness (QED) is 0.644. The molecular weight excluding hydrogens is 388 g/mol. The number of thiocarbonyl (C=S) groups is 1. The number of imidazole rings is 1. The summed E-state index contributed by atoms with van der Waals surface area (Å²) >= 11 is 4.98. The molecule has 4 rings (SSSR count). The first kappa shape index (κ1) is 19.1. The summed E-state index contributed by atoms with van der Waals surface area (Å²) in [5.74, 6) is -1.25. The summed E-state index contributed by atoms with van der Waals surface area (Å²) in [6, 6.07) is 11.1. The highest BCUT2D eigenvalue weighted by Gasteiger charge is 2.27. The highest BCUT2D eigenvalue weighted by Crippen LogP contribution is 2.22. The molecule has 1 aliphatic heterocycles. The largest absolute Gasteiger partial charge is 0.481 e. The van der Waals surface area contributed by atoms with E-state index in [1.54, 1.807) is 17.0 Å². The Kier molecular flexibility index (Phi) is 5.02. The predicted octanol–water partition coefficient (Wildman–Crippen LogP) is 2.57. The van der Waals surface area contributed by atoms with E-state index in [-0.39, 0.29) is 11.8 Å². The van der Waals surface area contributed by atoms with E-state index in [1.165, 1.54) is 0 Å². The summed E-state index contributed by atoms with van der Waals surface area (Å²) < 4.78 is 1.87. The number of nitrogens with two attached hydrogens (primary N) is 1. The van der Waals surface area contributed by atoms with Gasteiger partial charge >= 0.3 is 5.97 Å². The number of likely N-dealkylation sites (tertiary alicyclic amines) is 1. The molecule has 3 N–H and O–H groups in total. The lowest BCUT2D eigenvalue weighted by Crippen LogP contribution is -2.40. The number of carboxylic acid groups (broad SMARTS) is 1.